The second kappa shape index (κ2) is 7.49. The fourth-order valence-electron chi connectivity index (χ4n) is 4.58. The van der Waals surface area contributed by atoms with Gasteiger partial charge in [-0.1, -0.05) is 0 Å². The van der Waals surface area contributed by atoms with Gasteiger partial charge >= 0.3 is 6.03 Å². The third kappa shape index (κ3) is 3.38. The van der Waals surface area contributed by atoms with Gasteiger partial charge in [0, 0.05) is 67.6 Å². The summed E-state index contributed by atoms with van der Waals surface area (Å²) in [6.45, 7) is 8.96. The highest BCUT2D eigenvalue weighted by Gasteiger charge is 2.31. The molecule has 2 aliphatic heterocycles. The normalized spacial score (nSPS) is 18.5. The number of anilines is 3. The molecule has 0 saturated carbocycles. The number of aromatic nitrogens is 3. The van der Waals surface area contributed by atoms with Crippen molar-refractivity contribution in [1.29, 1.82) is 0 Å². The van der Waals surface area contributed by atoms with Gasteiger partial charge in [-0.25, -0.2) is 19.2 Å². The van der Waals surface area contributed by atoms with Gasteiger partial charge in [0.25, 0.3) is 0 Å². The highest BCUT2D eigenvalue weighted by molar-refractivity contribution is 6.03. The lowest BCUT2D eigenvalue weighted by atomic mass is 10.1. The standard InChI is InChI=1S/C22H26FN7O/c1-13-10-28(9-7-24-13)18-4-6-25-21-16(18)5-8-30(21)22(31)27-17-12-29-11-14(2)26-20(29)15(3)19(17)23/h4,6,11-13,24H,5,7-10H2,1-3H3,(H,27,31)/t13-/m1/s1. The van der Waals surface area contributed by atoms with Gasteiger partial charge in [-0.15, -0.1) is 0 Å². The molecule has 1 atom stereocenters. The quantitative estimate of drug-likeness (QED) is 0.663. The molecule has 0 bridgehead atoms. The van der Waals surface area contributed by atoms with E-state index in [0.29, 0.717) is 29.6 Å². The van der Waals surface area contributed by atoms with Crippen molar-refractivity contribution in [3.8, 4) is 0 Å². The van der Waals surface area contributed by atoms with Gasteiger partial charge in [-0.3, -0.25) is 4.90 Å². The number of nitrogens with one attached hydrogen (secondary N) is 2. The van der Waals surface area contributed by atoms with E-state index in [1.54, 1.807) is 28.6 Å². The third-order valence-electron chi connectivity index (χ3n) is 6.07. The zero-order valence-corrected chi connectivity index (χ0v) is 17.9. The zero-order chi connectivity index (χ0) is 21.7. The van der Waals surface area contributed by atoms with Gasteiger partial charge in [0.15, 0.2) is 5.82 Å². The number of fused-ring (bicyclic) bond motifs is 2. The van der Waals surface area contributed by atoms with Gasteiger partial charge in [0.2, 0.25) is 0 Å². The van der Waals surface area contributed by atoms with Gasteiger partial charge in [0.05, 0.1) is 11.4 Å². The largest absolute Gasteiger partial charge is 0.368 e. The Hall–Kier alpha value is -3.20. The second-order valence-electron chi connectivity index (χ2n) is 8.36. The van der Waals surface area contributed by atoms with E-state index in [0.717, 1.165) is 43.0 Å². The van der Waals surface area contributed by atoms with Crippen LogP contribution in [0.1, 0.15) is 23.7 Å². The molecule has 0 aliphatic carbocycles. The van der Waals surface area contributed by atoms with Crippen molar-refractivity contribution in [3.05, 3.63) is 47.3 Å². The number of piperazine rings is 1. The first-order valence-electron chi connectivity index (χ1n) is 10.6. The van der Waals surface area contributed by atoms with Crippen LogP contribution in [0.15, 0.2) is 24.7 Å². The average Bonchev–Trinajstić information content (AvgIpc) is 3.35. The van der Waals surface area contributed by atoms with E-state index in [2.05, 4.69) is 32.4 Å². The van der Waals surface area contributed by atoms with Crippen molar-refractivity contribution in [1.82, 2.24) is 19.7 Å². The topological polar surface area (TPSA) is 77.8 Å². The van der Waals surface area contributed by atoms with Crippen LogP contribution in [0.5, 0.6) is 0 Å². The first-order chi connectivity index (χ1) is 14.9. The zero-order valence-electron chi connectivity index (χ0n) is 17.9. The minimum atomic E-state index is -0.470. The summed E-state index contributed by atoms with van der Waals surface area (Å²) in [5.74, 6) is 0.181. The number of nitrogens with zero attached hydrogens (tertiary/aromatic N) is 5. The Morgan fingerprint density at radius 1 is 1.29 bits per heavy atom. The van der Waals surface area contributed by atoms with E-state index in [4.69, 9.17) is 0 Å². The highest BCUT2D eigenvalue weighted by atomic mass is 19.1. The highest BCUT2D eigenvalue weighted by Crippen LogP contribution is 2.34. The van der Waals surface area contributed by atoms with Crippen molar-refractivity contribution < 1.29 is 9.18 Å². The van der Waals surface area contributed by atoms with Crippen LogP contribution in [0.25, 0.3) is 5.65 Å². The summed E-state index contributed by atoms with van der Waals surface area (Å²) in [6, 6.07) is 2.05. The predicted octanol–water partition coefficient (Wildman–Crippen LogP) is 2.88. The molecule has 5 rings (SSSR count). The van der Waals surface area contributed by atoms with Crippen LogP contribution in [-0.2, 0) is 6.42 Å². The van der Waals surface area contributed by atoms with Crippen LogP contribution < -0.4 is 20.4 Å². The van der Waals surface area contributed by atoms with Crippen molar-refractivity contribution in [3.63, 3.8) is 0 Å². The van der Waals surface area contributed by atoms with Gasteiger partial charge in [-0.2, -0.15) is 0 Å². The number of hydrogen-bond acceptors (Lipinski definition) is 5. The number of halogens is 1. The number of aryl methyl sites for hydroxylation is 2. The summed E-state index contributed by atoms with van der Waals surface area (Å²) in [5, 5.41) is 6.19. The SMILES string of the molecule is Cc1cn2cc(NC(=O)N3CCc4c(N5CCN[C@H](C)C5)ccnc43)c(F)c(C)c2n1. The van der Waals surface area contributed by atoms with E-state index in [-0.39, 0.29) is 11.7 Å². The molecule has 0 radical (unpaired) electrons. The Balaban J connectivity index is 1.42. The molecule has 5 heterocycles. The molecule has 31 heavy (non-hydrogen) atoms. The first-order valence-corrected chi connectivity index (χ1v) is 10.6. The number of carbonyl (C=O) groups excluding carboxylic acids is 1. The number of imidazole rings is 1. The van der Waals surface area contributed by atoms with Crippen molar-refractivity contribution in [2.75, 3.05) is 41.3 Å². The molecule has 8 nitrogen and oxygen atoms in total. The van der Waals surface area contributed by atoms with E-state index in [9.17, 15) is 9.18 Å². The second-order valence-corrected chi connectivity index (χ2v) is 8.36. The van der Waals surface area contributed by atoms with Crippen molar-refractivity contribution in [2.45, 2.75) is 33.2 Å². The number of carbonyl (C=O) groups is 1. The first kappa shape index (κ1) is 19.7. The molecule has 3 aromatic heterocycles. The number of urea groups is 1. The molecule has 2 amide bonds. The summed E-state index contributed by atoms with van der Waals surface area (Å²) in [6.07, 6.45) is 5.85. The molecule has 162 valence electrons. The predicted molar refractivity (Wildman–Crippen MR) is 119 cm³/mol. The summed E-state index contributed by atoms with van der Waals surface area (Å²) < 4.78 is 16.7. The minimum absolute atomic E-state index is 0.132. The lowest BCUT2D eigenvalue weighted by Crippen LogP contribution is -2.49. The molecule has 1 fully saturated rings. The maximum atomic E-state index is 14.9. The van der Waals surface area contributed by atoms with E-state index in [1.807, 2.05) is 19.2 Å². The van der Waals surface area contributed by atoms with Gasteiger partial charge in [-0.05, 0) is 33.3 Å². The Bertz CT molecular complexity index is 1170. The van der Waals surface area contributed by atoms with Crippen LogP contribution >= 0.6 is 0 Å². The fourth-order valence-corrected chi connectivity index (χ4v) is 4.58. The molecule has 2 aliphatic rings. The number of pyridine rings is 2. The summed E-state index contributed by atoms with van der Waals surface area (Å²) >= 11 is 0. The Kier molecular flexibility index (Phi) is 4.77. The molecule has 0 aromatic carbocycles. The maximum Gasteiger partial charge on any atom is 0.327 e. The van der Waals surface area contributed by atoms with Gasteiger partial charge in [0.1, 0.15) is 11.5 Å². The molecule has 2 N–H and O–H groups in total. The van der Waals surface area contributed by atoms with E-state index < -0.39 is 5.82 Å². The van der Waals surface area contributed by atoms with Gasteiger partial charge < -0.3 is 19.9 Å². The summed E-state index contributed by atoms with van der Waals surface area (Å²) in [4.78, 5) is 25.9. The smallest absolute Gasteiger partial charge is 0.327 e. The lowest BCUT2D eigenvalue weighted by Gasteiger charge is -2.34. The monoisotopic (exact) mass is 423 g/mol. The molecule has 9 heteroatoms. The summed E-state index contributed by atoms with van der Waals surface area (Å²) in [5.41, 5.74) is 4.08. The van der Waals surface area contributed by atoms with E-state index >= 15 is 0 Å². The Labute approximate surface area is 180 Å². The molecular formula is C22H26FN7O. The van der Waals surface area contributed by atoms with Crippen LogP contribution in [0, 0.1) is 19.7 Å². The Morgan fingerprint density at radius 3 is 2.94 bits per heavy atom. The number of rotatable bonds is 2. The molecule has 0 unspecified atom stereocenters. The summed E-state index contributed by atoms with van der Waals surface area (Å²) in [7, 11) is 0. The van der Waals surface area contributed by atoms with Crippen LogP contribution in [0.3, 0.4) is 0 Å². The molecule has 3 aromatic rings. The molecule has 1 saturated heterocycles. The third-order valence-corrected chi connectivity index (χ3v) is 6.07. The van der Waals surface area contributed by atoms with Crippen LogP contribution in [-0.4, -0.2) is 52.6 Å². The fraction of sp³-hybridized carbons (Fsp3) is 0.409. The van der Waals surface area contributed by atoms with Crippen LogP contribution in [0.2, 0.25) is 0 Å². The number of amides is 2. The van der Waals surface area contributed by atoms with Crippen molar-refractivity contribution >= 4 is 28.9 Å². The molecule has 0 spiro atoms. The lowest BCUT2D eigenvalue weighted by molar-refractivity contribution is 0.257. The maximum absolute atomic E-state index is 14.9. The van der Waals surface area contributed by atoms with E-state index in [1.165, 1.54) is 0 Å². The average molecular weight is 423 g/mol. The van der Waals surface area contributed by atoms with Crippen LogP contribution in [0.4, 0.5) is 26.4 Å². The minimum Gasteiger partial charge on any atom is -0.368 e. The molecular weight excluding hydrogens is 397 g/mol. The Morgan fingerprint density at radius 2 is 2.13 bits per heavy atom. The number of hydrogen-bond donors (Lipinski definition) is 2. The van der Waals surface area contributed by atoms with Crippen molar-refractivity contribution in [2.24, 2.45) is 0 Å².